The Bertz CT molecular complexity index is 496. The van der Waals surface area contributed by atoms with Crippen LogP contribution in [0.15, 0.2) is 48.5 Å². The molecule has 0 amide bonds. The molecule has 0 aliphatic carbocycles. The molecule has 0 fully saturated rings. The molecule has 0 radical (unpaired) electrons. The second kappa shape index (κ2) is 6.05. The van der Waals surface area contributed by atoms with Gasteiger partial charge >= 0.3 is 0 Å². The second-order valence-electron chi connectivity index (χ2n) is 3.94. The van der Waals surface area contributed by atoms with E-state index < -0.39 is 0 Å². The minimum Gasteiger partial charge on any atom is -0.494 e. The van der Waals surface area contributed by atoms with Crippen molar-refractivity contribution in [2.24, 2.45) is 0 Å². The molecule has 0 aliphatic heterocycles. The fourth-order valence-electron chi connectivity index (χ4n) is 1.68. The summed E-state index contributed by atoms with van der Waals surface area (Å²) in [6, 6.07) is 14.3. The summed E-state index contributed by atoms with van der Waals surface area (Å²) in [4.78, 5) is 0. The van der Waals surface area contributed by atoms with Crippen molar-refractivity contribution < 1.29 is 9.13 Å². The van der Waals surface area contributed by atoms with Crippen molar-refractivity contribution in [3.05, 3.63) is 59.9 Å². The summed E-state index contributed by atoms with van der Waals surface area (Å²) in [5.41, 5.74) is 2.03. The van der Waals surface area contributed by atoms with Crippen molar-refractivity contribution in [3.63, 3.8) is 0 Å². The van der Waals surface area contributed by atoms with Crippen molar-refractivity contribution in [1.82, 2.24) is 0 Å². The van der Waals surface area contributed by atoms with Gasteiger partial charge in [-0.1, -0.05) is 12.1 Å². The lowest BCUT2D eigenvalue weighted by atomic mass is 10.2. The van der Waals surface area contributed by atoms with Crippen molar-refractivity contribution >= 4 is 5.69 Å². The molecule has 0 aliphatic rings. The Morgan fingerprint density at radius 2 is 1.89 bits per heavy atom. The first-order valence-corrected chi connectivity index (χ1v) is 5.99. The molecule has 0 atom stereocenters. The molecule has 2 aromatic carbocycles. The largest absolute Gasteiger partial charge is 0.494 e. The van der Waals surface area contributed by atoms with Gasteiger partial charge in [-0.15, -0.1) is 0 Å². The number of rotatable bonds is 5. The molecule has 3 heteroatoms. The smallest absolute Gasteiger partial charge is 0.123 e. The van der Waals surface area contributed by atoms with Crippen LogP contribution in [-0.2, 0) is 6.54 Å². The predicted molar refractivity (Wildman–Crippen MR) is 71.3 cm³/mol. The first-order chi connectivity index (χ1) is 8.78. The molecule has 2 nitrogen and oxygen atoms in total. The maximum atomic E-state index is 12.7. The summed E-state index contributed by atoms with van der Waals surface area (Å²) in [7, 11) is 0. The number of anilines is 1. The molecule has 1 N–H and O–H groups in total. The Morgan fingerprint density at radius 1 is 1.11 bits per heavy atom. The summed E-state index contributed by atoms with van der Waals surface area (Å²) in [5, 5.41) is 3.24. The van der Waals surface area contributed by atoms with Crippen LogP contribution in [0.4, 0.5) is 10.1 Å². The lowest BCUT2D eigenvalue weighted by molar-refractivity contribution is 0.340. The third-order valence-electron chi connectivity index (χ3n) is 2.55. The summed E-state index contributed by atoms with van der Waals surface area (Å²) >= 11 is 0. The Kier molecular flexibility index (Phi) is 4.18. The van der Waals surface area contributed by atoms with Gasteiger partial charge in [0.15, 0.2) is 0 Å². The minimum atomic E-state index is -0.223. The molecular formula is C15H16FNO. The van der Waals surface area contributed by atoms with Crippen molar-refractivity contribution in [3.8, 4) is 5.75 Å². The van der Waals surface area contributed by atoms with Crippen LogP contribution >= 0.6 is 0 Å². The molecular weight excluding hydrogens is 229 g/mol. The second-order valence-corrected chi connectivity index (χ2v) is 3.94. The molecule has 0 bridgehead atoms. The number of halogens is 1. The highest BCUT2D eigenvalue weighted by molar-refractivity contribution is 5.44. The normalized spacial score (nSPS) is 10.1. The topological polar surface area (TPSA) is 21.3 Å². The van der Waals surface area contributed by atoms with Gasteiger partial charge in [0.05, 0.1) is 6.61 Å². The van der Waals surface area contributed by atoms with Crippen molar-refractivity contribution in [2.75, 3.05) is 11.9 Å². The van der Waals surface area contributed by atoms with Crippen LogP contribution < -0.4 is 10.1 Å². The summed E-state index contributed by atoms with van der Waals surface area (Å²) < 4.78 is 18.2. The van der Waals surface area contributed by atoms with E-state index in [-0.39, 0.29) is 5.82 Å². The van der Waals surface area contributed by atoms with Crippen LogP contribution in [0.1, 0.15) is 12.5 Å². The zero-order chi connectivity index (χ0) is 12.8. The Balaban J connectivity index is 1.97. The zero-order valence-electron chi connectivity index (χ0n) is 10.3. The van der Waals surface area contributed by atoms with Crippen molar-refractivity contribution in [2.45, 2.75) is 13.5 Å². The maximum absolute atomic E-state index is 12.7. The molecule has 0 aromatic heterocycles. The summed E-state index contributed by atoms with van der Waals surface area (Å²) in [5.74, 6) is 0.648. The van der Waals surface area contributed by atoms with E-state index in [1.54, 1.807) is 12.1 Å². The highest BCUT2D eigenvalue weighted by Crippen LogP contribution is 2.15. The van der Waals surface area contributed by atoms with Gasteiger partial charge in [0, 0.05) is 12.2 Å². The number of benzene rings is 2. The third kappa shape index (κ3) is 3.48. The van der Waals surface area contributed by atoms with Crippen LogP contribution in [0.25, 0.3) is 0 Å². The average molecular weight is 245 g/mol. The number of hydrogen-bond acceptors (Lipinski definition) is 2. The van der Waals surface area contributed by atoms with E-state index in [1.807, 2.05) is 31.2 Å². The lowest BCUT2D eigenvalue weighted by Gasteiger charge is -2.08. The van der Waals surface area contributed by atoms with E-state index in [4.69, 9.17) is 4.74 Å². The lowest BCUT2D eigenvalue weighted by Crippen LogP contribution is -2.00. The monoisotopic (exact) mass is 245 g/mol. The van der Waals surface area contributed by atoms with E-state index in [0.717, 1.165) is 17.0 Å². The Hall–Kier alpha value is -2.03. The molecule has 18 heavy (non-hydrogen) atoms. The number of hydrogen-bond donors (Lipinski definition) is 1. The van der Waals surface area contributed by atoms with Gasteiger partial charge in [-0.25, -0.2) is 4.39 Å². The fraction of sp³-hybridized carbons (Fsp3) is 0.200. The quantitative estimate of drug-likeness (QED) is 0.864. The van der Waals surface area contributed by atoms with Crippen LogP contribution in [-0.4, -0.2) is 6.61 Å². The number of ether oxygens (including phenoxy) is 1. The molecule has 2 aromatic rings. The number of nitrogens with one attached hydrogen (secondary N) is 1. The molecule has 2 rings (SSSR count). The first kappa shape index (κ1) is 12.4. The molecule has 0 heterocycles. The highest BCUT2D eigenvalue weighted by Gasteiger charge is 1.97. The van der Waals surface area contributed by atoms with E-state index in [9.17, 15) is 4.39 Å². The van der Waals surface area contributed by atoms with E-state index >= 15 is 0 Å². The summed E-state index contributed by atoms with van der Waals surface area (Å²) in [6.07, 6.45) is 0. The Labute approximate surface area is 106 Å². The summed E-state index contributed by atoms with van der Waals surface area (Å²) in [6.45, 7) is 3.31. The molecule has 94 valence electrons. The molecule has 0 saturated carbocycles. The van der Waals surface area contributed by atoms with Crippen LogP contribution in [0.2, 0.25) is 0 Å². The maximum Gasteiger partial charge on any atom is 0.123 e. The van der Waals surface area contributed by atoms with E-state index in [1.165, 1.54) is 12.1 Å². The van der Waals surface area contributed by atoms with Crippen LogP contribution in [0.5, 0.6) is 5.75 Å². The van der Waals surface area contributed by atoms with Gasteiger partial charge in [0.25, 0.3) is 0 Å². The minimum absolute atomic E-state index is 0.223. The standard InChI is InChI=1S/C15H16FNO/c1-2-18-15-5-3-4-12(10-15)11-17-14-8-6-13(16)7-9-14/h3-10,17H,2,11H2,1H3. The Morgan fingerprint density at radius 3 is 2.61 bits per heavy atom. The van der Waals surface area contributed by atoms with Gasteiger partial charge in [0.2, 0.25) is 0 Å². The van der Waals surface area contributed by atoms with Gasteiger partial charge in [-0.3, -0.25) is 0 Å². The first-order valence-electron chi connectivity index (χ1n) is 5.99. The molecule has 0 unspecified atom stereocenters. The van der Waals surface area contributed by atoms with E-state index in [2.05, 4.69) is 5.32 Å². The fourth-order valence-corrected chi connectivity index (χ4v) is 1.68. The van der Waals surface area contributed by atoms with Gasteiger partial charge < -0.3 is 10.1 Å². The average Bonchev–Trinajstić information content (AvgIpc) is 2.39. The van der Waals surface area contributed by atoms with Gasteiger partial charge in [0.1, 0.15) is 11.6 Å². The van der Waals surface area contributed by atoms with Crippen LogP contribution in [0, 0.1) is 5.82 Å². The zero-order valence-corrected chi connectivity index (χ0v) is 10.3. The third-order valence-corrected chi connectivity index (χ3v) is 2.55. The highest BCUT2D eigenvalue weighted by atomic mass is 19.1. The van der Waals surface area contributed by atoms with Crippen LogP contribution in [0.3, 0.4) is 0 Å². The van der Waals surface area contributed by atoms with Gasteiger partial charge in [-0.05, 0) is 48.9 Å². The predicted octanol–water partition coefficient (Wildman–Crippen LogP) is 3.84. The van der Waals surface area contributed by atoms with Crippen molar-refractivity contribution in [1.29, 1.82) is 0 Å². The molecule has 0 spiro atoms. The van der Waals surface area contributed by atoms with Gasteiger partial charge in [-0.2, -0.15) is 0 Å². The molecule has 0 saturated heterocycles. The SMILES string of the molecule is CCOc1cccc(CNc2ccc(F)cc2)c1. The van der Waals surface area contributed by atoms with E-state index in [0.29, 0.717) is 13.2 Å².